The summed E-state index contributed by atoms with van der Waals surface area (Å²) in [6.07, 6.45) is 0.604. The quantitative estimate of drug-likeness (QED) is 0.827. The fraction of sp³-hybridized carbons (Fsp3) is 0.500. The summed E-state index contributed by atoms with van der Waals surface area (Å²) in [6, 6.07) is 2.91. The van der Waals surface area contributed by atoms with Gasteiger partial charge >= 0.3 is 0 Å². The molecule has 114 valence electrons. The summed E-state index contributed by atoms with van der Waals surface area (Å²) in [4.78, 5) is 0. The van der Waals surface area contributed by atoms with E-state index in [1.165, 1.54) is 16.4 Å². The molecule has 0 unspecified atom stereocenters. The smallest absolute Gasteiger partial charge is 0.283 e. The molecule has 9 heteroatoms. The van der Waals surface area contributed by atoms with Gasteiger partial charge in [0.2, 0.25) is 11.0 Å². The summed E-state index contributed by atoms with van der Waals surface area (Å²) in [5.74, 6) is 0.892. The van der Waals surface area contributed by atoms with Crippen molar-refractivity contribution in [3.63, 3.8) is 0 Å². The van der Waals surface area contributed by atoms with Gasteiger partial charge in [-0.3, -0.25) is 0 Å². The fourth-order valence-electron chi connectivity index (χ4n) is 1.98. The normalized spacial score (nSPS) is 17.2. The molecule has 0 saturated carbocycles. The first kappa shape index (κ1) is 14.2. The van der Waals surface area contributed by atoms with E-state index in [0.717, 1.165) is 0 Å². The largest absolute Gasteiger partial charge is 0.438 e. The second-order valence-corrected chi connectivity index (χ2v) is 6.36. The maximum absolute atomic E-state index is 12.4. The van der Waals surface area contributed by atoms with E-state index in [-0.39, 0.29) is 16.7 Å². The van der Waals surface area contributed by atoms with Gasteiger partial charge in [-0.1, -0.05) is 6.92 Å². The molecule has 0 spiro atoms. The Kier molecular flexibility index (Phi) is 3.79. The van der Waals surface area contributed by atoms with Crippen molar-refractivity contribution >= 4 is 10.0 Å². The van der Waals surface area contributed by atoms with Crippen LogP contribution < -0.4 is 0 Å². The highest BCUT2D eigenvalue weighted by atomic mass is 32.2. The molecule has 1 saturated heterocycles. The van der Waals surface area contributed by atoms with Gasteiger partial charge in [0, 0.05) is 19.5 Å². The van der Waals surface area contributed by atoms with Crippen molar-refractivity contribution in [2.24, 2.45) is 0 Å². The van der Waals surface area contributed by atoms with Crippen molar-refractivity contribution in [2.75, 3.05) is 26.3 Å². The average Bonchev–Trinajstić information content (AvgIpc) is 3.17. The molecule has 0 radical (unpaired) electrons. The summed E-state index contributed by atoms with van der Waals surface area (Å²) >= 11 is 0. The number of aryl methyl sites for hydroxylation is 1. The zero-order valence-corrected chi connectivity index (χ0v) is 12.3. The Morgan fingerprint density at radius 3 is 2.62 bits per heavy atom. The van der Waals surface area contributed by atoms with Crippen LogP contribution in [0.15, 0.2) is 26.1 Å². The molecule has 2 aromatic heterocycles. The van der Waals surface area contributed by atoms with E-state index in [1.54, 1.807) is 0 Å². The lowest BCUT2D eigenvalue weighted by Crippen LogP contribution is -2.40. The van der Waals surface area contributed by atoms with Crippen molar-refractivity contribution in [1.82, 2.24) is 14.5 Å². The second-order valence-electron chi connectivity index (χ2n) is 4.49. The second kappa shape index (κ2) is 5.58. The number of furan rings is 1. The highest BCUT2D eigenvalue weighted by Gasteiger charge is 2.29. The van der Waals surface area contributed by atoms with Crippen molar-refractivity contribution < 1.29 is 22.0 Å². The Bertz CT molecular complexity index is 715. The van der Waals surface area contributed by atoms with Crippen LogP contribution in [0.2, 0.25) is 0 Å². The van der Waals surface area contributed by atoms with Gasteiger partial charge in [-0.05, 0) is 12.1 Å². The molecule has 1 aliphatic rings. The first-order chi connectivity index (χ1) is 10.1. The van der Waals surface area contributed by atoms with Crippen molar-refractivity contribution in [2.45, 2.75) is 18.4 Å². The van der Waals surface area contributed by atoms with E-state index < -0.39 is 10.0 Å². The van der Waals surface area contributed by atoms with Crippen LogP contribution in [0.4, 0.5) is 0 Å². The molecule has 0 atom stereocenters. The average molecular weight is 313 g/mol. The molecular formula is C12H15N3O5S. The van der Waals surface area contributed by atoms with E-state index in [2.05, 4.69) is 10.2 Å². The minimum Gasteiger partial charge on any atom is -0.438 e. The minimum absolute atomic E-state index is 0.129. The van der Waals surface area contributed by atoms with Gasteiger partial charge in [0.05, 0.1) is 13.2 Å². The number of nitrogens with zero attached hydrogens (tertiary/aromatic N) is 3. The highest BCUT2D eigenvalue weighted by molar-refractivity contribution is 7.89. The van der Waals surface area contributed by atoms with E-state index in [0.29, 0.717) is 38.6 Å². The molecule has 0 bridgehead atoms. The Morgan fingerprint density at radius 2 is 1.95 bits per heavy atom. The Balaban J connectivity index is 1.86. The summed E-state index contributed by atoms with van der Waals surface area (Å²) in [6.45, 7) is 3.29. The summed E-state index contributed by atoms with van der Waals surface area (Å²) in [5.41, 5.74) is 0. The van der Waals surface area contributed by atoms with Crippen LogP contribution in [0, 0.1) is 0 Å². The third-order valence-electron chi connectivity index (χ3n) is 3.13. The SMILES string of the molecule is CCc1nnc(-c2ccc(S(=O)(=O)N3CCOCC3)o2)o1. The number of morpholine rings is 1. The zero-order valence-electron chi connectivity index (χ0n) is 11.5. The van der Waals surface area contributed by atoms with E-state index in [4.69, 9.17) is 13.6 Å². The van der Waals surface area contributed by atoms with Crippen LogP contribution in [0.25, 0.3) is 11.7 Å². The number of rotatable bonds is 4. The molecule has 0 aromatic carbocycles. The Labute approximate surface area is 121 Å². The maximum atomic E-state index is 12.4. The lowest BCUT2D eigenvalue weighted by molar-refractivity contribution is 0.0724. The van der Waals surface area contributed by atoms with Gasteiger partial charge in [0.25, 0.3) is 15.9 Å². The highest BCUT2D eigenvalue weighted by Crippen LogP contribution is 2.26. The number of hydrogen-bond donors (Lipinski definition) is 0. The first-order valence-electron chi connectivity index (χ1n) is 6.61. The number of aromatic nitrogens is 2. The van der Waals surface area contributed by atoms with Crippen molar-refractivity contribution in [3.05, 3.63) is 18.0 Å². The fourth-order valence-corrected chi connectivity index (χ4v) is 3.30. The van der Waals surface area contributed by atoms with E-state index in [9.17, 15) is 8.42 Å². The number of sulfonamides is 1. The van der Waals surface area contributed by atoms with Crippen LogP contribution in [0.1, 0.15) is 12.8 Å². The van der Waals surface area contributed by atoms with Gasteiger partial charge in [0.15, 0.2) is 5.76 Å². The lowest BCUT2D eigenvalue weighted by atomic mass is 10.4. The molecule has 0 aliphatic carbocycles. The molecule has 0 N–H and O–H groups in total. The molecule has 1 aliphatic heterocycles. The standard InChI is InChI=1S/C12H15N3O5S/c1-2-10-13-14-12(20-10)9-3-4-11(19-9)21(16,17)15-5-7-18-8-6-15/h3-4H,2,5-8H2,1H3. The Hall–Kier alpha value is -1.71. The molecule has 1 fully saturated rings. The van der Waals surface area contributed by atoms with Gasteiger partial charge < -0.3 is 13.6 Å². The van der Waals surface area contributed by atoms with Gasteiger partial charge in [0.1, 0.15) is 0 Å². The molecule has 21 heavy (non-hydrogen) atoms. The minimum atomic E-state index is -3.65. The van der Waals surface area contributed by atoms with Gasteiger partial charge in [-0.15, -0.1) is 10.2 Å². The van der Waals surface area contributed by atoms with Crippen LogP contribution in [0.3, 0.4) is 0 Å². The van der Waals surface area contributed by atoms with Crippen LogP contribution >= 0.6 is 0 Å². The molecule has 8 nitrogen and oxygen atoms in total. The van der Waals surface area contributed by atoms with Crippen molar-refractivity contribution in [3.8, 4) is 11.7 Å². The van der Waals surface area contributed by atoms with E-state index >= 15 is 0 Å². The summed E-state index contributed by atoms with van der Waals surface area (Å²) in [7, 11) is -3.65. The zero-order chi connectivity index (χ0) is 14.9. The third kappa shape index (κ3) is 2.71. The van der Waals surface area contributed by atoms with E-state index in [1.807, 2.05) is 6.92 Å². The molecule has 3 rings (SSSR count). The molecular weight excluding hydrogens is 298 g/mol. The topological polar surface area (TPSA) is 98.7 Å². The summed E-state index contributed by atoms with van der Waals surface area (Å²) in [5, 5.41) is 7.52. The van der Waals surface area contributed by atoms with Crippen molar-refractivity contribution in [1.29, 1.82) is 0 Å². The maximum Gasteiger partial charge on any atom is 0.283 e. The molecule has 2 aromatic rings. The van der Waals surface area contributed by atoms with Gasteiger partial charge in [-0.25, -0.2) is 8.42 Å². The van der Waals surface area contributed by atoms with Gasteiger partial charge in [-0.2, -0.15) is 4.31 Å². The third-order valence-corrected chi connectivity index (χ3v) is 4.90. The predicted octanol–water partition coefficient (Wildman–Crippen LogP) is 0.913. The Morgan fingerprint density at radius 1 is 1.19 bits per heavy atom. The predicted molar refractivity (Wildman–Crippen MR) is 71.0 cm³/mol. The van der Waals surface area contributed by atoms with Crippen LogP contribution in [-0.4, -0.2) is 49.2 Å². The first-order valence-corrected chi connectivity index (χ1v) is 8.05. The molecule has 3 heterocycles. The van der Waals surface area contributed by atoms with Crippen LogP contribution in [-0.2, 0) is 21.2 Å². The monoisotopic (exact) mass is 313 g/mol. The number of ether oxygens (including phenoxy) is 1. The lowest BCUT2D eigenvalue weighted by Gasteiger charge is -2.24. The van der Waals surface area contributed by atoms with Crippen LogP contribution in [0.5, 0.6) is 0 Å². The number of hydrogen-bond acceptors (Lipinski definition) is 7. The molecule has 0 amide bonds. The summed E-state index contributed by atoms with van der Waals surface area (Å²) < 4.78 is 42.0.